The molecule has 0 spiro atoms. The Kier molecular flexibility index (Phi) is 26.1. The first kappa shape index (κ1) is 64.0. The smallest absolute Gasteiger partial charge is 0.303 e. The van der Waals surface area contributed by atoms with Crippen LogP contribution in [0.1, 0.15) is 99.6 Å². The van der Waals surface area contributed by atoms with Gasteiger partial charge in [-0.1, -0.05) is 156 Å². The van der Waals surface area contributed by atoms with Gasteiger partial charge in [0.1, 0.15) is 0 Å². The second kappa shape index (κ2) is 31.8. The van der Waals surface area contributed by atoms with Gasteiger partial charge in [-0.05, 0) is 162 Å². The zero-order chi connectivity index (χ0) is 56.8. The fourth-order valence-corrected chi connectivity index (χ4v) is 10.7. The fourth-order valence-electron chi connectivity index (χ4n) is 9.49. The maximum Gasteiger partial charge on any atom is 0.303 e. The molecule has 0 saturated carbocycles. The zero-order valence-corrected chi connectivity index (χ0v) is 49.2. The first-order valence-electron chi connectivity index (χ1n) is 26.9. The largest absolute Gasteiger partial charge is 0.481 e. The summed E-state index contributed by atoms with van der Waals surface area (Å²) in [5.41, 5.74) is 9.67. The Morgan fingerprint density at radius 3 is 1.37 bits per heavy atom. The molecule has 0 saturated heterocycles. The third kappa shape index (κ3) is 22.7. The summed E-state index contributed by atoms with van der Waals surface area (Å²) in [7, 11) is 3.89. The molecule has 0 heterocycles. The summed E-state index contributed by atoms with van der Waals surface area (Å²) in [5.74, 6) is -1.65. The van der Waals surface area contributed by atoms with E-state index in [1.807, 2.05) is 109 Å². The van der Waals surface area contributed by atoms with Crippen molar-refractivity contribution in [1.29, 1.82) is 0 Å². The van der Waals surface area contributed by atoms with Crippen LogP contribution >= 0.6 is 46.4 Å². The summed E-state index contributed by atoms with van der Waals surface area (Å²) in [6, 6.07) is 44.0. The minimum atomic E-state index is -0.830. The van der Waals surface area contributed by atoms with Gasteiger partial charge in [0, 0.05) is 94.4 Å². The molecule has 14 heteroatoms. The number of aliphatic hydroxyl groups is 2. The molecule has 0 bridgehead atoms. The number of halogens is 4. The minimum Gasteiger partial charge on any atom is -0.481 e. The van der Waals surface area contributed by atoms with Crippen LogP contribution in [-0.2, 0) is 48.4 Å². The standard InChI is InChI=1S/2C32H40Cl2N2O3/c1-32(2,16-8-12-23-9-5-4-6-10-23)35-20-27(37)21-36(3)22-28-29(33)18-26(19-30(28)34)25-13-7-11-24(17-25)14-15-31(38)39;1-32(2,17-9-12-23-10-5-4-6-11-23)35-20-26(37)21-36(3)22-28-29(33)18-25(19-30(28)34)27-14-8-7-13-24(27)15-16-31(38)39/h4-7,9-11,13,17-19,27,35,37H,8,12,14-16,20-22H2,1-3H3,(H,38,39);4-8,10-11,13-14,18-19,26,35,37H,9,12,15-17,20-22H2,1-3H3,(H,38,39)/t27-;26-/m11/s1. The van der Waals surface area contributed by atoms with E-state index in [0.717, 1.165) is 83.0 Å². The molecule has 0 aliphatic carbocycles. The highest BCUT2D eigenvalue weighted by atomic mass is 35.5. The molecule has 0 fully saturated rings. The first-order valence-corrected chi connectivity index (χ1v) is 28.5. The Morgan fingerprint density at radius 2 is 0.910 bits per heavy atom. The first-order chi connectivity index (χ1) is 37.1. The third-order valence-electron chi connectivity index (χ3n) is 13.9. The Morgan fingerprint density at radius 1 is 0.500 bits per heavy atom. The number of β-amino-alcohol motifs (C(OH)–C–C–N with tert-alkyl or cyclic N) is 2. The number of rotatable bonds is 30. The minimum absolute atomic E-state index is 0.0589. The number of hydrogen-bond acceptors (Lipinski definition) is 8. The average Bonchev–Trinajstić information content (AvgIpc) is 3.40. The molecule has 2 atom stereocenters. The van der Waals surface area contributed by atoms with Gasteiger partial charge in [-0.2, -0.15) is 0 Å². The second-order valence-corrected chi connectivity index (χ2v) is 23.5. The molecule has 420 valence electrons. The number of aliphatic hydroxyl groups excluding tert-OH is 2. The van der Waals surface area contributed by atoms with Crippen LogP contribution < -0.4 is 10.6 Å². The summed E-state index contributed by atoms with van der Waals surface area (Å²) >= 11 is 26.7. The van der Waals surface area contributed by atoms with Crippen LogP contribution in [0.4, 0.5) is 0 Å². The van der Waals surface area contributed by atoms with Crippen molar-refractivity contribution in [2.75, 3.05) is 40.3 Å². The highest BCUT2D eigenvalue weighted by Gasteiger charge is 2.22. The maximum atomic E-state index is 11.1. The molecule has 0 unspecified atom stereocenters. The van der Waals surface area contributed by atoms with Gasteiger partial charge in [0.05, 0.1) is 12.2 Å². The van der Waals surface area contributed by atoms with Crippen LogP contribution in [0.3, 0.4) is 0 Å². The molecule has 0 aliphatic heterocycles. The number of likely N-dealkylation sites (N-methyl/N-ethyl adjacent to an activating group) is 2. The molecular weight excluding hydrogens is 1060 g/mol. The average molecular weight is 1140 g/mol. The van der Waals surface area contributed by atoms with Crippen molar-refractivity contribution in [3.05, 3.63) is 187 Å². The second-order valence-electron chi connectivity index (χ2n) is 21.9. The van der Waals surface area contributed by atoms with E-state index in [1.165, 1.54) is 11.1 Å². The van der Waals surface area contributed by atoms with E-state index in [9.17, 15) is 19.8 Å². The lowest BCUT2D eigenvalue weighted by molar-refractivity contribution is -0.138. The van der Waals surface area contributed by atoms with Crippen LogP contribution in [0.5, 0.6) is 0 Å². The van der Waals surface area contributed by atoms with Crippen LogP contribution in [0, 0.1) is 0 Å². The number of carbonyl (C=O) groups is 2. The van der Waals surface area contributed by atoms with Crippen molar-refractivity contribution in [3.63, 3.8) is 0 Å². The van der Waals surface area contributed by atoms with Gasteiger partial charge < -0.3 is 31.1 Å². The number of aliphatic carboxylic acids is 2. The van der Waals surface area contributed by atoms with Gasteiger partial charge >= 0.3 is 11.9 Å². The Hall–Kier alpha value is -4.82. The molecule has 0 radical (unpaired) electrons. The molecule has 10 nitrogen and oxygen atoms in total. The number of carboxylic acids is 2. The predicted octanol–water partition coefficient (Wildman–Crippen LogP) is 13.7. The molecule has 6 aromatic carbocycles. The van der Waals surface area contributed by atoms with Crippen molar-refractivity contribution in [1.82, 2.24) is 20.4 Å². The van der Waals surface area contributed by atoms with E-state index in [4.69, 9.17) is 56.6 Å². The van der Waals surface area contributed by atoms with Crippen LogP contribution in [0.2, 0.25) is 20.1 Å². The lowest BCUT2D eigenvalue weighted by Crippen LogP contribution is -2.46. The number of aryl methyl sites for hydroxylation is 4. The molecule has 6 aromatic rings. The van der Waals surface area contributed by atoms with Gasteiger partial charge in [0.2, 0.25) is 0 Å². The number of nitrogens with zero attached hydrogens (tertiary/aromatic N) is 2. The molecule has 6 N–H and O–H groups in total. The van der Waals surface area contributed by atoms with Crippen molar-refractivity contribution in [2.24, 2.45) is 0 Å². The van der Waals surface area contributed by atoms with E-state index in [0.29, 0.717) is 72.2 Å². The topological polar surface area (TPSA) is 146 Å². The van der Waals surface area contributed by atoms with Gasteiger partial charge in [0.15, 0.2) is 0 Å². The zero-order valence-electron chi connectivity index (χ0n) is 46.2. The van der Waals surface area contributed by atoms with Crippen molar-refractivity contribution < 1.29 is 30.0 Å². The SMILES string of the molecule is CN(Cc1c(Cl)cc(-c2cccc(CCC(=O)O)c2)cc1Cl)C[C@H](O)CNC(C)(C)CCCc1ccccc1.CN(Cc1c(Cl)cc(-c2ccccc2CCC(=O)O)cc1Cl)C[C@H](O)CNC(C)(C)CCCc1ccccc1. The molecule has 0 aliphatic rings. The van der Waals surface area contributed by atoms with Crippen molar-refractivity contribution >= 4 is 58.3 Å². The molecule has 78 heavy (non-hydrogen) atoms. The summed E-state index contributed by atoms with van der Waals surface area (Å²) in [4.78, 5) is 26.0. The lowest BCUT2D eigenvalue weighted by atomic mass is 9.95. The van der Waals surface area contributed by atoms with Crippen LogP contribution in [-0.4, -0.2) is 106 Å². The Labute approximate surface area is 483 Å². The Bertz CT molecular complexity index is 2770. The maximum absolute atomic E-state index is 11.1. The number of nitrogens with one attached hydrogen (secondary N) is 2. The van der Waals surface area contributed by atoms with Gasteiger partial charge in [-0.3, -0.25) is 19.4 Å². The van der Waals surface area contributed by atoms with E-state index < -0.39 is 24.1 Å². The van der Waals surface area contributed by atoms with E-state index in [1.54, 1.807) is 0 Å². The lowest BCUT2D eigenvalue weighted by Gasteiger charge is -2.29. The summed E-state index contributed by atoms with van der Waals surface area (Å²) < 4.78 is 0. The van der Waals surface area contributed by atoms with Crippen LogP contribution in [0.15, 0.2) is 133 Å². The fraction of sp³-hybridized carbons (Fsp3) is 0.406. The number of carboxylic acid groups (broad SMARTS) is 2. The van der Waals surface area contributed by atoms with E-state index in [2.05, 4.69) is 86.9 Å². The molecular formula is C64H80Cl4N4O6. The van der Waals surface area contributed by atoms with E-state index >= 15 is 0 Å². The predicted molar refractivity (Wildman–Crippen MR) is 323 cm³/mol. The van der Waals surface area contributed by atoms with Crippen LogP contribution in [0.25, 0.3) is 22.3 Å². The number of benzene rings is 6. The van der Waals surface area contributed by atoms with Gasteiger partial charge in [0.25, 0.3) is 0 Å². The summed E-state index contributed by atoms with van der Waals surface area (Å²) in [6.07, 6.45) is 6.26. The highest BCUT2D eigenvalue weighted by Crippen LogP contribution is 2.36. The molecule has 6 rings (SSSR count). The number of hydrogen-bond donors (Lipinski definition) is 6. The Balaban J connectivity index is 0.000000287. The van der Waals surface area contributed by atoms with Crippen molar-refractivity contribution in [2.45, 2.75) is 128 Å². The van der Waals surface area contributed by atoms with Crippen molar-refractivity contribution in [3.8, 4) is 22.3 Å². The summed E-state index contributed by atoms with van der Waals surface area (Å²) in [6.45, 7) is 11.7. The molecule has 0 amide bonds. The highest BCUT2D eigenvalue weighted by molar-refractivity contribution is 6.37. The monoisotopic (exact) mass is 1140 g/mol. The normalized spacial score (nSPS) is 12.6. The van der Waals surface area contributed by atoms with Gasteiger partial charge in [-0.25, -0.2) is 0 Å². The van der Waals surface area contributed by atoms with E-state index in [-0.39, 0.29) is 23.9 Å². The quantitative estimate of drug-likeness (QED) is 0.0258. The summed E-state index contributed by atoms with van der Waals surface area (Å²) in [5, 5.41) is 48.7. The molecule has 0 aromatic heterocycles. The third-order valence-corrected chi connectivity index (χ3v) is 15.2. The van der Waals surface area contributed by atoms with Gasteiger partial charge in [-0.15, -0.1) is 0 Å².